The molecule has 0 atom stereocenters. The number of nitrogens with one attached hydrogen (secondary N) is 1. The summed E-state index contributed by atoms with van der Waals surface area (Å²) in [7, 11) is -3.73. The van der Waals surface area contributed by atoms with Crippen molar-refractivity contribution in [2.45, 2.75) is 25.3 Å². The number of carbonyl (C=O) groups excluding carboxylic acids is 1. The number of aromatic nitrogens is 2. The summed E-state index contributed by atoms with van der Waals surface area (Å²) in [6.45, 7) is 4.74. The second-order valence-corrected chi connectivity index (χ2v) is 10.2. The van der Waals surface area contributed by atoms with Crippen molar-refractivity contribution in [1.29, 1.82) is 0 Å². The van der Waals surface area contributed by atoms with E-state index in [0.717, 1.165) is 10.4 Å². The highest BCUT2D eigenvalue weighted by Gasteiger charge is 2.27. The Kier molecular flexibility index (Phi) is 5.93. The van der Waals surface area contributed by atoms with Gasteiger partial charge in [-0.1, -0.05) is 6.07 Å². The molecule has 1 saturated heterocycles. The Morgan fingerprint density at radius 3 is 2.77 bits per heavy atom. The number of hydrogen-bond donors (Lipinski definition) is 1. The number of aromatic amines is 1. The van der Waals surface area contributed by atoms with E-state index < -0.39 is 16.0 Å². The van der Waals surface area contributed by atoms with Crippen molar-refractivity contribution in [2.24, 2.45) is 0 Å². The van der Waals surface area contributed by atoms with Crippen LogP contribution in [0.2, 0.25) is 0 Å². The number of nitrogens with zero attached hydrogens (tertiary/aromatic N) is 2. The van der Waals surface area contributed by atoms with Crippen LogP contribution in [-0.2, 0) is 26.1 Å². The summed E-state index contributed by atoms with van der Waals surface area (Å²) in [5.74, 6) is -0.482. The number of ether oxygens (including phenoxy) is 2. The van der Waals surface area contributed by atoms with Gasteiger partial charge in [0, 0.05) is 18.0 Å². The van der Waals surface area contributed by atoms with Gasteiger partial charge < -0.3 is 14.5 Å². The lowest BCUT2D eigenvalue weighted by Crippen LogP contribution is -2.40. The Balaban J connectivity index is 1.51. The molecule has 1 N–H and O–H groups in total. The van der Waals surface area contributed by atoms with Gasteiger partial charge in [-0.3, -0.25) is 4.79 Å². The Hall–Kier alpha value is -2.60. The summed E-state index contributed by atoms with van der Waals surface area (Å²) in [5.41, 5.74) is 0.702. The minimum Gasteiger partial charge on any atom is -0.454 e. The van der Waals surface area contributed by atoms with Crippen molar-refractivity contribution in [3.63, 3.8) is 0 Å². The lowest BCUT2D eigenvalue weighted by Gasteiger charge is -2.26. The molecular formula is C20H21N3O6S2. The largest absolute Gasteiger partial charge is 0.454 e. The molecule has 3 heterocycles. The second kappa shape index (κ2) is 8.50. The normalized spacial score (nSPS) is 15.3. The summed E-state index contributed by atoms with van der Waals surface area (Å²) < 4.78 is 37.4. The van der Waals surface area contributed by atoms with Gasteiger partial charge in [0.1, 0.15) is 17.3 Å². The van der Waals surface area contributed by atoms with Crippen LogP contribution in [0.5, 0.6) is 0 Å². The molecule has 3 aromatic rings. The van der Waals surface area contributed by atoms with Gasteiger partial charge in [0.25, 0.3) is 5.56 Å². The molecule has 0 spiro atoms. The summed E-state index contributed by atoms with van der Waals surface area (Å²) in [6.07, 6.45) is 0. The third-order valence-electron chi connectivity index (χ3n) is 5.11. The third-order valence-corrected chi connectivity index (χ3v) is 8.10. The molecule has 1 aromatic carbocycles. The van der Waals surface area contributed by atoms with E-state index in [-0.39, 0.29) is 41.5 Å². The topological polar surface area (TPSA) is 119 Å². The number of hydrogen-bond acceptors (Lipinski definition) is 8. The summed E-state index contributed by atoms with van der Waals surface area (Å²) in [4.78, 5) is 33.5. The number of rotatable bonds is 5. The van der Waals surface area contributed by atoms with Crippen LogP contribution in [0.25, 0.3) is 10.2 Å². The van der Waals surface area contributed by atoms with Crippen molar-refractivity contribution >= 4 is 37.5 Å². The third kappa shape index (κ3) is 4.26. The molecule has 0 bridgehead atoms. The molecule has 0 unspecified atom stereocenters. The van der Waals surface area contributed by atoms with Crippen molar-refractivity contribution < 1.29 is 22.7 Å². The molecule has 0 saturated carbocycles. The highest BCUT2D eigenvalue weighted by Crippen LogP contribution is 2.25. The molecule has 2 aromatic heterocycles. The van der Waals surface area contributed by atoms with Crippen LogP contribution in [0.3, 0.4) is 0 Å². The molecule has 4 rings (SSSR count). The number of carbonyl (C=O) groups is 1. The van der Waals surface area contributed by atoms with Crippen molar-refractivity contribution in [3.8, 4) is 0 Å². The number of esters is 1. The van der Waals surface area contributed by atoms with Crippen molar-refractivity contribution in [2.75, 3.05) is 26.3 Å². The first-order valence-corrected chi connectivity index (χ1v) is 11.9. The van der Waals surface area contributed by atoms with Gasteiger partial charge in [-0.25, -0.2) is 18.2 Å². The highest BCUT2D eigenvalue weighted by atomic mass is 32.2. The fourth-order valence-electron chi connectivity index (χ4n) is 3.30. The predicted octanol–water partition coefficient (Wildman–Crippen LogP) is 1.98. The first-order chi connectivity index (χ1) is 14.8. The van der Waals surface area contributed by atoms with Gasteiger partial charge in [0.05, 0.1) is 29.1 Å². The van der Waals surface area contributed by atoms with Crippen LogP contribution < -0.4 is 5.56 Å². The van der Waals surface area contributed by atoms with Crippen molar-refractivity contribution in [3.05, 3.63) is 56.4 Å². The van der Waals surface area contributed by atoms with Crippen LogP contribution in [0.1, 0.15) is 26.6 Å². The molecule has 11 heteroatoms. The Morgan fingerprint density at radius 2 is 2.03 bits per heavy atom. The zero-order valence-corrected chi connectivity index (χ0v) is 18.6. The van der Waals surface area contributed by atoms with E-state index in [4.69, 9.17) is 9.47 Å². The molecule has 1 aliphatic rings. The minimum absolute atomic E-state index is 0.0151. The van der Waals surface area contributed by atoms with Crippen molar-refractivity contribution in [1.82, 2.24) is 14.3 Å². The number of aryl methyl sites for hydroxylation is 2. The van der Waals surface area contributed by atoms with Gasteiger partial charge in [-0.2, -0.15) is 4.31 Å². The first-order valence-electron chi connectivity index (χ1n) is 9.61. The maximum Gasteiger partial charge on any atom is 0.338 e. The molecular weight excluding hydrogens is 442 g/mol. The van der Waals surface area contributed by atoms with E-state index >= 15 is 0 Å². The maximum absolute atomic E-state index is 12.8. The standard InChI is InChI=1S/C20H21N3O6S2/c1-12-13(2)30-19-17(12)18(24)21-16(22-19)11-29-20(25)14-4-3-5-15(10-14)31(26,27)23-6-8-28-9-7-23/h3-5,10H,6-9,11H2,1-2H3,(H,21,22,24). The van der Waals surface area contributed by atoms with E-state index in [0.29, 0.717) is 23.4 Å². The molecule has 0 radical (unpaired) electrons. The average Bonchev–Trinajstić information content (AvgIpc) is 3.06. The van der Waals surface area contributed by atoms with Crippen LogP contribution in [-0.4, -0.2) is 55.0 Å². The Labute approximate surface area is 182 Å². The van der Waals surface area contributed by atoms with Crippen LogP contribution in [0.4, 0.5) is 0 Å². The van der Waals surface area contributed by atoms with Crippen LogP contribution in [0.15, 0.2) is 34.0 Å². The molecule has 9 nitrogen and oxygen atoms in total. The number of fused-ring (bicyclic) bond motifs is 1. The zero-order chi connectivity index (χ0) is 22.2. The molecule has 31 heavy (non-hydrogen) atoms. The fraction of sp³-hybridized carbons (Fsp3) is 0.350. The molecule has 0 amide bonds. The van der Waals surface area contributed by atoms with E-state index in [2.05, 4.69) is 9.97 Å². The van der Waals surface area contributed by atoms with Gasteiger partial charge in [-0.05, 0) is 37.6 Å². The average molecular weight is 464 g/mol. The molecule has 1 fully saturated rings. The van der Waals surface area contributed by atoms with Gasteiger partial charge in [0.15, 0.2) is 0 Å². The number of morpholine rings is 1. The summed E-state index contributed by atoms with van der Waals surface area (Å²) in [6, 6.07) is 5.70. The number of sulfonamides is 1. The highest BCUT2D eigenvalue weighted by molar-refractivity contribution is 7.89. The predicted molar refractivity (Wildman–Crippen MR) is 115 cm³/mol. The number of H-pyrrole nitrogens is 1. The zero-order valence-electron chi connectivity index (χ0n) is 17.0. The van der Waals surface area contributed by atoms with E-state index in [1.165, 1.54) is 39.9 Å². The second-order valence-electron chi connectivity index (χ2n) is 7.10. The van der Waals surface area contributed by atoms with Gasteiger partial charge in [-0.15, -0.1) is 11.3 Å². The van der Waals surface area contributed by atoms with E-state index in [1.54, 1.807) is 0 Å². The van der Waals surface area contributed by atoms with E-state index in [1.807, 2.05) is 13.8 Å². The fourth-order valence-corrected chi connectivity index (χ4v) is 5.81. The number of benzene rings is 1. The van der Waals surface area contributed by atoms with Crippen LogP contribution >= 0.6 is 11.3 Å². The SMILES string of the molecule is Cc1sc2nc(COC(=O)c3cccc(S(=O)(=O)N4CCOCC4)c3)[nH]c(=O)c2c1C. The summed E-state index contributed by atoms with van der Waals surface area (Å²) in [5, 5.41) is 0.540. The Bertz CT molecular complexity index is 1310. The molecule has 164 valence electrons. The van der Waals surface area contributed by atoms with Gasteiger partial charge >= 0.3 is 5.97 Å². The monoisotopic (exact) mass is 463 g/mol. The molecule has 0 aliphatic carbocycles. The minimum atomic E-state index is -3.73. The van der Waals surface area contributed by atoms with Gasteiger partial charge in [0.2, 0.25) is 10.0 Å². The molecule has 1 aliphatic heterocycles. The first kappa shape index (κ1) is 21.6. The van der Waals surface area contributed by atoms with Crippen LogP contribution in [0, 0.1) is 13.8 Å². The lowest BCUT2D eigenvalue weighted by molar-refractivity contribution is 0.0462. The quantitative estimate of drug-likeness (QED) is 0.575. The number of thiophene rings is 1. The smallest absolute Gasteiger partial charge is 0.338 e. The lowest BCUT2D eigenvalue weighted by atomic mass is 10.2. The van der Waals surface area contributed by atoms with E-state index in [9.17, 15) is 18.0 Å². The summed E-state index contributed by atoms with van der Waals surface area (Å²) >= 11 is 1.40. The Morgan fingerprint density at radius 1 is 1.29 bits per heavy atom. The maximum atomic E-state index is 12.8.